The number of rotatable bonds is 5. The molecule has 4 rings (SSSR count). The van der Waals surface area contributed by atoms with Crippen LogP contribution in [0.4, 0.5) is 0 Å². The van der Waals surface area contributed by atoms with Crippen LogP contribution in [0.5, 0.6) is 11.5 Å². The molecule has 0 aliphatic carbocycles. The minimum Gasteiger partial charge on any atom is -0.504 e. The van der Waals surface area contributed by atoms with Crippen molar-refractivity contribution >= 4 is 23.2 Å². The van der Waals surface area contributed by atoms with Crippen molar-refractivity contribution in [1.82, 2.24) is 4.90 Å². The summed E-state index contributed by atoms with van der Waals surface area (Å²) in [4.78, 5) is 2.56. The third-order valence-corrected chi connectivity index (χ3v) is 5.59. The van der Waals surface area contributed by atoms with Gasteiger partial charge < -0.3 is 9.84 Å². The molecule has 1 atom stereocenters. The summed E-state index contributed by atoms with van der Waals surface area (Å²) in [5.41, 5.74) is 4.15. The molecule has 0 unspecified atom stereocenters. The molecule has 1 aliphatic rings. The SMILES string of the molecule is COc1cc(CC[C@@H](C)N2Cc3ccc4ccccc4c3C2)ccc1O.Cl. The molecule has 3 aromatic carbocycles. The molecule has 142 valence electrons. The average molecular weight is 384 g/mol. The monoisotopic (exact) mass is 383 g/mol. The van der Waals surface area contributed by atoms with Crippen LogP contribution >= 0.6 is 12.4 Å². The molecule has 0 spiro atoms. The Labute approximate surface area is 167 Å². The number of aryl methyl sites for hydroxylation is 1. The van der Waals surface area contributed by atoms with Crippen LogP contribution in [0.15, 0.2) is 54.6 Å². The molecule has 1 aliphatic heterocycles. The zero-order chi connectivity index (χ0) is 18.1. The molecule has 0 amide bonds. The van der Waals surface area contributed by atoms with Gasteiger partial charge in [-0.2, -0.15) is 0 Å². The fraction of sp³-hybridized carbons (Fsp3) is 0.304. The van der Waals surface area contributed by atoms with E-state index in [0.717, 1.165) is 25.9 Å². The summed E-state index contributed by atoms with van der Waals surface area (Å²) in [5, 5.41) is 12.5. The van der Waals surface area contributed by atoms with Crippen LogP contribution in [-0.2, 0) is 19.5 Å². The van der Waals surface area contributed by atoms with Gasteiger partial charge in [0.2, 0.25) is 0 Å². The second-order valence-electron chi connectivity index (χ2n) is 7.22. The predicted molar refractivity (Wildman–Crippen MR) is 113 cm³/mol. The molecule has 0 aromatic heterocycles. The highest BCUT2D eigenvalue weighted by molar-refractivity contribution is 5.87. The Bertz CT molecular complexity index is 941. The van der Waals surface area contributed by atoms with E-state index in [4.69, 9.17) is 4.74 Å². The fourth-order valence-corrected chi connectivity index (χ4v) is 3.94. The summed E-state index contributed by atoms with van der Waals surface area (Å²) in [6, 6.07) is 19.3. The van der Waals surface area contributed by atoms with Gasteiger partial charge in [-0.05, 0) is 59.4 Å². The second-order valence-corrected chi connectivity index (χ2v) is 7.22. The standard InChI is InChI=1S/C23H25NO2.ClH/c1-16(7-8-17-9-12-22(25)23(13-17)26-2)24-14-19-11-10-18-5-3-4-6-20(18)21(19)15-24;/h3-6,9-13,16,25H,7-8,14-15H2,1-2H3;1H/t16-;/m1./s1. The highest BCUT2D eigenvalue weighted by atomic mass is 35.5. The quantitative estimate of drug-likeness (QED) is 0.647. The average Bonchev–Trinajstić information content (AvgIpc) is 3.12. The number of nitrogens with zero attached hydrogens (tertiary/aromatic N) is 1. The van der Waals surface area contributed by atoms with Gasteiger partial charge in [0.15, 0.2) is 11.5 Å². The van der Waals surface area contributed by atoms with Crippen LogP contribution in [0.25, 0.3) is 10.8 Å². The van der Waals surface area contributed by atoms with Crippen molar-refractivity contribution < 1.29 is 9.84 Å². The number of phenolic OH excluding ortho intramolecular Hbond substituents is 1. The van der Waals surface area contributed by atoms with E-state index in [1.54, 1.807) is 13.2 Å². The summed E-state index contributed by atoms with van der Waals surface area (Å²) in [6.45, 7) is 4.36. The van der Waals surface area contributed by atoms with E-state index >= 15 is 0 Å². The number of aromatic hydroxyl groups is 1. The molecule has 3 nitrogen and oxygen atoms in total. The van der Waals surface area contributed by atoms with Crippen molar-refractivity contribution in [3.63, 3.8) is 0 Å². The molecule has 1 N–H and O–H groups in total. The maximum atomic E-state index is 9.74. The van der Waals surface area contributed by atoms with Crippen molar-refractivity contribution in [2.75, 3.05) is 7.11 Å². The van der Waals surface area contributed by atoms with E-state index < -0.39 is 0 Å². The largest absolute Gasteiger partial charge is 0.504 e. The topological polar surface area (TPSA) is 32.7 Å². The lowest BCUT2D eigenvalue weighted by molar-refractivity contribution is 0.203. The Balaban J connectivity index is 0.00000210. The number of hydrogen-bond donors (Lipinski definition) is 1. The Hall–Kier alpha value is -2.23. The Morgan fingerprint density at radius 1 is 1.07 bits per heavy atom. The van der Waals surface area contributed by atoms with Gasteiger partial charge in [-0.3, -0.25) is 4.90 Å². The number of methoxy groups -OCH3 is 1. The number of benzene rings is 3. The zero-order valence-electron chi connectivity index (χ0n) is 15.8. The first-order chi connectivity index (χ1) is 12.7. The Morgan fingerprint density at radius 3 is 2.70 bits per heavy atom. The van der Waals surface area contributed by atoms with Crippen molar-refractivity contribution in [3.05, 3.63) is 71.3 Å². The van der Waals surface area contributed by atoms with Crippen LogP contribution in [0.3, 0.4) is 0 Å². The van der Waals surface area contributed by atoms with E-state index in [1.165, 1.54) is 27.5 Å². The van der Waals surface area contributed by atoms with Gasteiger partial charge in [-0.15, -0.1) is 12.4 Å². The van der Waals surface area contributed by atoms with E-state index in [1.807, 2.05) is 12.1 Å². The first-order valence-electron chi connectivity index (χ1n) is 9.25. The molecule has 0 saturated carbocycles. The van der Waals surface area contributed by atoms with Crippen molar-refractivity contribution in [2.24, 2.45) is 0 Å². The predicted octanol–water partition coefficient (Wildman–Crippen LogP) is 5.31. The second kappa shape index (κ2) is 8.20. The summed E-state index contributed by atoms with van der Waals surface area (Å²) < 4.78 is 5.22. The third-order valence-electron chi connectivity index (χ3n) is 5.59. The van der Waals surface area contributed by atoms with Gasteiger partial charge in [0.1, 0.15) is 0 Å². The molecule has 0 radical (unpaired) electrons. The summed E-state index contributed by atoms with van der Waals surface area (Å²) in [5.74, 6) is 0.751. The van der Waals surface area contributed by atoms with Gasteiger partial charge in [0.25, 0.3) is 0 Å². The molecule has 1 heterocycles. The smallest absolute Gasteiger partial charge is 0.160 e. The van der Waals surface area contributed by atoms with E-state index in [0.29, 0.717) is 11.8 Å². The lowest BCUT2D eigenvalue weighted by atomic mass is 10.0. The zero-order valence-corrected chi connectivity index (χ0v) is 16.6. The van der Waals surface area contributed by atoms with Crippen LogP contribution in [0.2, 0.25) is 0 Å². The first kappa shape index (κ1) is 19.5. The highest BCUT2D eigenvalue weighted by Gasteiger charge is 2.24. The molecule has 3 aromatic rings. The molecule has 4 heteroatoms. The van der Waals surface area contributed by atoms with Crippen molar-refractivity contribution in [2.45, 2.75) is 38.9 Å². The van der Waals surface area contributed by atoms with Crippen molar-refractivity contribution in [1.29, 1.82) is 0 Å². The van der Waals surface area contributed by atoms with Crippen LogP contribution < -0.4 is 4.74 Å². The van der Waals surface area contributed by atoms with Gasteiger partial charge in [-0.1, -0.05) is 42.5 Å². The van der Waals surface area contributed by atoms with Gasteiger partial charge >= 0.3 is 0 Å². The maximum Gasteiger partial charge on any atom is 0.160 e. The van der Waals surface area contributed by atoms with Gasteiger partial charge in [0, 0.05) is 19.1 Å². The van der Waals surface area contributed by atoms with E-state index in [9.17, 15) is 5.11 Å². The minimum absolute atomic E-state index is 0. The number of halogens is 1. The van der Waals surface area contributed by atoms with Crippen molar-refractivity contribution in [3.8, 4) is 11.5 Å². The van der Waals surface area contributed by atoms with Gasteiger partial charge in [0.05, 0.1) is 7.11 Å². The lowest BCUT2D eigenvalue weighted by Crippen LogP contribution is -2.28. The molecule has 0 fully saturated rings. The van der Waals surface area contributed by atoms with E-state index in [-0.39, 0.29) is 18.2 Å². The number of hydrogen-bond acceptors (Lipinski definition) is 3. The van der Waals surface area contributed by atoms with Crippen LogP contribution in [0, 0.1) is 0 Å². The highest BCUT2D eigenvalue weighted by Crippen LogP contribution is 2.32. The number of fused-ring (bicyclic) bond motifs is 3. The number of ether oxygens (including phenoxy) is 1. The number of phenols is 1. The molecule has 0 bridgehead atoms. The Morgan fingerprint density at radius 2 is 1.89 bits per heavy atom. The fourth-order valence-electron chi connectivity index (χ4n) is 3.94. The van der Waals surface area contributed by atoms with Crippen LogP contribution in [-0.4, -0.2) is 23.2 Å². The van der Waals surface area contributed by atoms with Crippen LogP contribution in [0.1, 0.15) is 30.0 Å². The lowest BCUT2D eigenvalue weighted by Gasteiger charge is -2.24. The Kier molecular flexibility index (Phi) is 5.93. The van der Waals surface area contributed by atoms with Gasteiger partial charge in [-0.25, -0.2) is 0 Å². The summed E-state index contributed by atoms with van der Waals surface area (Å²) in [6.07, 6.45) is 2.06. The third kappa shape index (κ3) is 3.90. The minimum atomic E-state index is 0. The van der Waals surface area contributed by atoms with E-state index in [2.05, 4.69) is 48.2 Å². The summed E-state index contributed by atoms with van der Waals surface area (Å²) in [7, 11) is 1.59. The molecule has 27 heavy (non-hydrogen) atoms. The molecular weight excluding hydrogens is 358 g/mol. The maximum absolute atomic E-state index is 9.74. The molecular formula is C23H26ClNO2. The molecule has 0 saturated heterocycles. The normalized spacial score (nSPS) is 14.6. The first-order valence-corrected chi connectivity index (χ1v) is 9.25. The summed E-state index contributed by atoms with van der Waals surface area (Å²) >= 11 is 0.